The summed E-state index contributed by atoms with van der Waals surface area (Å²) in [6.45, 7) is 0.642. The number of hydrogen-bond donors (Lipinski definition) is 1. The van der Waals surface area contributed by atoms with Gasteiger partial charge in [-0.05, 0) is 11.6 Å². The van der Waals surface area contributed by atoms with Crippen LogP contribution in [0, 0.1) is 5.82 Å². The molecule has 0 aromatic heterocycles. The number of benzene rings is 1. The number of halogens is 1. The highest BCUT2D eigenvalue weighted by atomic mass is 19.1. The maximum atomic E-state index is 13.1. The summed E-state index contributed by atoms with van der Waals surface area (Å²) >= 11 is 0. The molecule has 78 valence electrons. The zero-order chi connectivity index (χ0) is 10.6. The van der Waals surface area contributed by atoms with Gasteiger partial charge in [0.1, 0.15) is 11.6 Å². The monoisotopic (exact) mass is 199 g/mol. The zero-order valence-electron chi connectivity index (χ0n) is 8.34. The smallest absolute Gasteiger partial charge is 0.127 e. The molecule has 2 N–H and O–H groups in total. The predicted molar refractivity (Wildman–Crippen MR) is 51.6 cm³/mol. The van der Waals surface area contributed by atoms with Gasteiger partial charge in [0, 0.05) is 25.3 Å². The van der Waals surface area contributed by atoms with Crippen LogP contribution in [-0.2, 0) is 17.9 Å². The average molecular weight is 199 g/mol. The van der Waals surface area contributed by atoms with Gasteiger partial charge in [-0.2, -0.15) is 0 Å². The van der Waals surface area contributed by atoms with Crippen LogP contribution < -0.4 is 10.5 Å². The summed E-state index contributed by atoms with van der Waals surface area (Å²) in [6, 6.07) is 2.73. The third kappa shape index (κ3) is 2.21. The normalized spacial score (nSPS) is 10.3. The molecule has 4 heteroatoms. The van der Waals surface area contributed by atoms with Crippen LogP contribution in [0.4, 0.5) is 4.39 Å². The summed E-state index contributed by atoms with van der Waals surface area (Å²) in [4.78, 5) is 0. The highest BCUT2D eigenvalue weighted by molar-refractivity contribution is 5.40. The Morgan fingerprint density at radius 1 is 1.36 bits per heavy atom. The molecule has 0 saturated heterocycles. The van der Waals surface area contributed by atoms with Crippen molar-refractivity contribution in [2.24, 2.45) is 5.73 Å². The van der Waals surface area contributed by atoms with Crippen molar-refractivity contribution < 1.29 is 13.9 Å². The van der Waals surface area contributed by atoms with Crippen LogP contribution in [0.3, 0.4) is 0 Å². The molecule has 0 heterocycles. The summed E-state index contributed by atoms with van der Waals surface area (Å²) in [7, 11) is 3.04. The zero-order valence-corrected chi connectivity index (χ0v) is 8.34. The van der Waals surface area contributed by atoms with E-state index in [1.165, 1.54) is 19.2 Å². The second-order valence-corrected chi connectivity index (χ2v) is 2.88. The van der Waals surface area contributed by atoms with Crippen LogP contribution in [0.25, 0.3) is 0 Å². The topological polar surface area (TPSA) is 44.5 Å². The van der Waals surface area contributed by atoms with E-state index in [-0.39, 0.29) is 5.82 Å². The third-order valence-corrected chi connectivity index (χ3v) is 1.99. The van der Waals surface area contributed by atoms with E-state index in [0.717, 1.165) is 11.1 Å². The quantitative estimate of drug-likeness (QED) is 0.798. The first-order valence-corrected chi connectivity index (χ1v) is 4.27. The molecule has 0 spiro atoms. The standard InChI is InChI=1S/C10H14FNO2/c1-13-6-7-3-8(11)4-10(14-2)9(7)5-12/h3-4H,5-6,12H2,1-2H3. The molecule has 0 saturated carbocycles. The fraction of sp³-hybridized carbons (Fsp3) is 0.400. The average Bonchev–Trinajstić information content (AvgIpc) is 2.17. The largest absolute Gasteiger partial charge is 0.496 e. The highest BCUT2D eigenvalue weighted by Crippen LogP contribution is 2.24. The van der Waals surface area contributed by atoms with Crippen molar-refractivity contribution in [2.75, 3.05) is 14.2 Å². The lowest BCUT2D eigenvalue weighted by molar-refractivity contribution is 0.183. The first kappa shape index (κ1) is 10.9. The van der Waals surface area contributed by atoms with Gasteiger partial charge in [-0.15, -0.1) is 0 Å². The maximum Gasteiger partial charge on any atom is 0.127 e. The second kappa shape index (κ2) is 4.93. The van der Waals surface area contributed by atoms with Crippen LogP contribution in [-0.4, -0.2) is 14.2 Å². The van der Waals surface area contributed by atoms with Gasteiger partial charge < -0.3 is 15.2 Å². The number of methoxy groups -OCH3 is 2. The van der Waals surface area contributed by atoms with Crippen molar-refractivity contribution in [3.8, 4) is 5.75 Å². The first-order chi connectivity index (χ1) is 6.72. The van der Waals surface area contributed by atoms with Gasteiger partial charge in [0.25, 0.3) is 0 Å². The predicted octanol–water partition coefficient (Wildman–Crippen LogP) is 1.44. The Kier molecular flexibility index (Phi) is 3.85. The first-order valence-electron chi connectivity index (χ1n) is 4.27. The van der Waals surface area contributed by atoms with Gasteiger partial charge in [-0.3, -0.25) is 0 Å². The Hall–Kier alpha value is -1.13. The molecule has 1 rings (SSSR count). The molecule has 0 unspecified atom stereocenters. The molecule has 0 amide bonds. The minimum absolute atomic E-state index is 0.308. The minimum atomic E-state index is -0.342. The molecule has 0 atom stereocenters. The van der Waals surface area contributed by atoms with E-state index in [4.69, 9.17) is 15.2 Å². The molecule has 0 aliphatic heterocycles. The Morgan fingerprint density at radius 3 is 2.57 bits per heavy atom. The van der Waals surface area contributed by atoms with E-state index >= 15 is 0 Å². The van der Waals surface area contributed by atoms with E-state index in [1.807, 2.05) is 0 Å². The lowest BCUT2D eigenvalue weighted by Crippen LogP contribution is -2.06. The molecule has 3 nitrogen and oxygen atoms in total. The van der Waals surface area contributed by atoms with E-state index in [2.05, 4.69) is 0 Å². The van der Waals surface area contributed by atoms with Gasteiger partial charge >= 0.3 is 0 Å². The molecule has 0 bridgehead atoms. The number of rotatable bonds is 4. The number of nitrogens with two attached hydrogens (primary N) is 1. The van der Waals surface area contributed by atoms with Crippen LogP contribution in [0.15, 0.2) is 12.1 Å². The van der Waals surface area contributed by atoms with Gasteiger partial charge in [-0.25, -0.2) is 4.39 Å². The lowest BCUT2D eigenvalue weighted by Gasteiger charge is -2.12. The van der Waals surface area contributed by atoms with Gasteiger partial charge in [0.15, 0.2) is 0 Å². The van der Waals surface area contributed by atoms with Gasteiger partial charge in [0.2, 0.25) is 0 Å². The van der Waals surface area contributed by atoms with Crippen molar-refractivity contribution in [3.63, 3.8) is 0 Å². The van der Waals surface area contributed by atoms with E-state index in [0.29, 0.717) is 18.9 Å². The third-order valence-electron chi connectivity index (χ3n) is 1.99. The van der Waals surface area contributed by atoms with Gasteiger partial charge in [0.05, 0.1) is 13.7 Å². The van der Waals surface area contributed by atoms with E-state index < -0.39 is 0 Å². The maximum absolute atomic E-state index is 13.1. The van der Waals surface area contributed by atoms with E-state index in [9.17, 15) is 4.39 Å². The summed E-state index contributed by atoms with van der Waals surface area (Å²) in [5, 5.41) is 0. The summed E-state index contributed by atoms with van der Waals surface area (Å²) in [5.41, 5.74) is 7.07. The van der Waals surface area contributed by atoms with Crippen molar-refractivity contribution in [2.45, 2.75) is 13.2 Å². The molecule has 14 heavy (non-hydrogen) atoms. The molecule has 1 aromatic rings. The Balaban J connectivity index is 3.17. The van der Waals surface area contributed by atoms with Crippen molar-refractivity contribution in [1.29, 1.82) is 0 Å². The van der Waals surface area contributed by atoms with Crippen molar-refractivity contribution in [3.05, 3.63) is 29.1 Å². The Labute approximate surface area is 82.6 Å². The van der Waals surface area contributed by atoms with Crippen LogP contribution >= 0.6 is 0 Å². The summed E-state index contributed by atoms with van der Waals surface area (Å²) in [5.74, 6) is 0.130. The number of ether oxygens (including phenoxy) is 2. The number of hydrogen-bond acceptors (Lipinski definition) is 3. The fourth-order valence-corrected chi connectivity index (χ4v) is 1.36. The molecular formula is C10H14FNO2. The second-order valence-electron chi connectivity index (χ2n) is 2.88. The minimum Gasteiger partial charge on any atom is -0.496 e. The van der Waals surface area contributed by atoms with Crippen molar-refractivity contribution in [1.82, 2.24) is 0 Å². The molecule has 0 aliphatic rings. The highest BCUT2D eigenvalue weighted by Gasteiger charge is 2.09. The van der Waals surface area contributed by atoms with Crippen molar-refractivity contribution >= 4 is 0 Å². The Bertz CT molecular complexity index is 315. The molecule has 0 fully saturated rings. The van der Waals surface area contributed by atoms with Crippen LogP contribution in [0.2, 0.25) is 0 Å². The molecule has 1 aromatic carbocycles. The summed E-state index contributed by atoms with van der Waals surface area (Å²) < 4.78 is 23.1. The molecule has 0 radical (unpaired) electrons. The fourth-order valence-electron chi connectivity index (χ4n) is 1.36. The summed E-state index contributed by atoms with van der Waals surface area (Å²) in [6.07, 6.45) is 0. The van der Waals surface area contributed by atoms with E-state index in [1.54, 1.807) is 7.11 Å². The lowest BCUT2D eigenvalue weighted by atomic mass is 10.1. The van der Waals surface area contributed by atoms with Gasteiger partial charge in [-0.1, -0.05) is 0 Å². The van der Waals surface area contributed by atoms with Crippen LogP contribution in [0.1, 0.15) is 11.1 Å². The van der Waals surface area contributed by atoms with Crippen LogP contribution in [0.5, 0.6) is 5.75 Å². The Morgan fingerprint density at radius 2 is 2.07 bits per heavy atom. The SMILES string of the molecule is COCc1cc(F)cc(OC)c1CN. The molecule has 0 aliphatic carbocycles. The molecular weight excluding hydrogens is 185 g/mol.